The molecule has 0 aromatic heterocycles. The van der Waals surface area contributed by atoms with Gasteiger partial charge in [-0.3, -0.25) is 14.4 Å². The number of carbonyl (C=O) groups excluding carboxylic acids is 3. The molecule has 3 rings (SSSR count). The van der Waals surface area contributed by atoms with Crippen LogP contribution in [0.4, 0.5) is 4.39 Å². The Kier molecular flexibility index (Phi) is 4.15. The maximum atomic E-state index is 13.4. The van der Waals surface area contributed by atoms with E-state index < -0.39 is 43.8 Å². The lowest BCUT2D eigenvalue weighted by molar-refractivity contribution is -0.138. The van der Waals surface area contributed by atoms with Gasteiger partial charge in [-0.05, 0) is 37.0 Å². The molecule has 3 unspecified atom stereocenters. The van der Waals surface area contributed by atoms with Gasteiger partial charge in [0.25, 0.3) is 0 Å². The molecule has 1 aromatic carbocycles. The quantitative estimate of drug-likeness (QED) is 0.613. The highest BCUT2D eigenvalue weighted by atomic mass is 32.2. The van der Waals surface area contributed by atoms with Crippen LogP contribution in [-0.2, 0) is 19.4 Å². The fraction of sp³-hybridized carbons (Fsp3) is 0.471. The smallest absolute Gasteiger partial charge is 0.182 e. The molecule has 1 aromatic rings. The summed E-state index contributed by atoms with van der Waals surface area (Å²) >= 11 is 0. The number of ketones is 3. The van der Waals surface area contributed by atoms with Crippen LogP contribution in [0.5, 0.6) is 0 Å². The van der Waals surface area contributed by atoms with E-state index in [1.807, 2.05) is 0 Å². The molecular formula is C17H17FO5S. The van der Waals surface area contributed by atoms with Gasteiger partial charge >= 0.3 is 0 Å². The van der Waals surface area contributed by atoms with Crippen LogP contribution < -0.4 is 0 Å². The minimum Gasteiger partial charge on any atom is -0.298 e. The van der Waals surface area contributed by atoms with E-state index in [1.165, 1.54) is 0 Å². The summed E-state index contributed by atoms with van der Waals surface area (Å²) < 4.78 is 37.1. The van der Waals surface area contributed by atoms with Gasteiger partial charge in [-0.15, -0.1) is 0 Å². The average Bonchev–Trinajstić information content (AvgIpc) is 2.94. The fourth-order valence-electron chi connectivity index (χ4n) is 3.84. The third kappa shape index (κ3) is 2.81. The summed E-state index contributed by atoms with van der Waals surface area (Å²) in [6.45, 7) is 0. The van der Waals surface area contributed by atoms with Gasteiger partial charge in [-0.1, -0.05) is 6.42 Å². The zero-order valence-electron chi connectivity index (χ0n) is 13.1. The molecule has 0 N–H and O–H groups in total. The van der Waals surface area contributed by atoms with Gasteiger partial charge in [0.2, 0.25) is 0 Å². The molecule has 0 aliphatic heterocycles. The molecule has 0 radical (unpaired) electrons. The summed E-state index contributed by atoms with van der Waals surface area (Å²) in [6.07, 6.45) is 3.33. The maximum absolute atomic E-state index is 13.4. The first kappa shape index (κ1) is 17.0. The van der Waals surface area contributed by atoms with Crippen molar-refractivity contribution in [2.45, 2.75) is 30.6 Å². The Hall–Kier alpha value is -1.89. The van der Waals surface area contributed by atoms with Crippen LogP contribution >= 0.6 is 0 Å². The monoisotopic (exact) mass is 352 g/mol. The number of hydrogen-bond donors (Lipinski definition) is 0. The highest BCUT2D eigenvalue weighted by Crippen LogP contribution is 2.41. The zero-order chi connectivity index (χ0) is 17.6. The van der Waals surface area contributed by atoms with Gasteiger partial charge in [-0.2, -0.15) is 0 Å². The minimum absolute atomic E-state index is 0.00311. The number of halogens is 1. The summed E-state index contributed by atoms with van der Waals surface area (Å²) in [5.74, 6) is -4.29. The molecule has 0 spiro atoms. The Labute approximate surface area is 139 Å². The van der Waals surface area contributed by atoms with E-state index in [0.29, 0.717) is 6.42 Å². The summed E-state index contributed by atoms with van der Waals surface area (Å²) in [4.78, 5) is 37.2. The Bertz CT molecular complexity index is 843. The van der Waals surface area contributed by atoms with E-state index >= 15 is 0 Å². The lowest BCUT2D eigenvalue weighted by atomic mass is 9.71. The second kappa shape index (κ2) is 5.88. The second-order valence-corrected chi connectivity index (χ2v) is 8.56. The lowest BCUT2D eigenvalue weighted by Crippen LogP contribution is -2.43. The molecule has 2 aliphatic carbocycles. The first-order valence-electron chi connectivity index (χ1n) is 7.80. The van der Waals surface area contributed by atoms with Crippen LogP contribution in [0.3, 0.4) is 0 Å². The highest BCUT2D eigenvalue weighted by molar-refractivity contribution is 7.90. The Morgan fingerprint density at radius 3 is 2.58 bits per heavy atom. The van der Waals surface area contributed by atoms with Crippen LogP contribution in [0.25, 0.3) is 0 Å². The maximum Gasteiger partial charge on any atom is 0.182 e. The third-order valence-electron chi connectivity index (χ3n) is 4.97. The number of sulfone groups is 1. The zero-order valence-corrected chi connectivity index (χ0v) is 13.9. The van der Waals surface area contributed by atoms with Gasteiger partial charge in [-0.25, -0.2) is 12.8 Å². The molecule has 128 valence electrons. The normalized spacial score (nSPS) is 27.2. The molecule has 0 heterocycles. The van der Waals surface area contributed by atoms with Gasteiger partial charge in [0.15, 0.2) is 27.2 Å². The van der Waals surface area contributed by atoms with Crippen LogP contribution in [0.1, 0.15) is 36.0 Å². The molecule has 7 heteroatoms. The van der Waals surface area contributed by atoms with Crippen molar-refractivity contribution in [3.05, 3.63) is 29.6 Å². The number of carbonyl (C=O) groups is 3. The second-order valence-electron chi connectivity index (χ2n) is 6.58. The third-order valence-corrected chi connectivity index (χ3v) is 6.10. The summed E-state index contributed by atoms with van der Waals surface area (Å²) in [7, 11) is -3.88. The summed E-state index contributed by atoms with van der Waals surface area (Å²) in [6, 6.07) is 2.74. The predicted octanol–water partition coefficient (Wildman–Crippen LogP) is 1.99. The van der Waals surface area contributed by atoms with Gasteiger partial charge in [0.1, 0.15) is 11.7 Å². The first-order valence-corrected chi connectivity index (χ1v) is 9.69. The van der Waals surface area contributed by atoms with E-state index in [1.54, 1.807) is 0 Å². The Balaban J connectivity index is 2.03. The molecule has 0 saturated heterocycles. The predicted molar refractivity (Wildman–Crippen MR) is 82.8 cm³/mol. The molecule has 2 saturated carbocycles. The highest BCUT2D eigenvalue weighted by Gasteiger charge is 2.48. The van der Waals surface area contributed by atoms with Gasteiger partial charge in [0.05, 0.1) is 4.90 Å². The largest absolute Gasteiger partial charge is 0.298 e. The fourth-order valence-corrected chi connectivity index (χ4v) is 4.74. The number of fused-ring (bicyclic) bond motifs is 1. The molecule has 5 nitrogen and oxygen atoms in total. The molecule has 3 atom stereocenters. The summed E-state index contributed by atoms with van der Waals surface area (Å²) in [5.41, 5.74) is -0.290. The Morgan fingerprint density at radius 1 is 1.21 bits per heavy atom. The van der Waals surface area contributed by atoms with Gasteiger partial charge in [0, 0.05) is 24.2 Å². The van der Waals surface area contributed by atoms with E-state index in [2.05, 4.69) is 0 Å². The van der Waals surface area contributed by atoms with Gasteiger partial charge < -0.3 is 0 Å². The van der Waals surface area contributed by atoms with E-state index in [9.17, 15) is 27.2 Å². The van der Waals surface area contributed by atoms with Crippen LogP contribution in [0.15, 0.2) is 23.1 Å². The van der Waals surface area contributed by atoms with Crippen LogP contribution in [0.2, 0.25) is 0 Å². The van der Waals surface area contributed by atoms with Crippen LogP contribution in [0, 0.1) is 23.6 Å². The van der Waals surface area contributed by atoms with Crippen LogP contribution in [-0.4, -0.2) is 32.0 Å². The van der Waals surface area contributed by atoms with Crippen molar-refractivity contribution in [2.75, 3.05) is 6.26 Å². The lowest BCUT2D eigenvalue weighted by Gasteiger charge is -2.28. The number of benzene rings is 1. The van der Waals surface area contributed by atoms with Crippen molar-refractivity contribution in [1.29, 1.82) is 0 Å². The van der Waals surface area contributed by atoms with Crippen molar-refractivity contribution >= 4 is 27.2 Å². The summed E-state index contributed by atoms with van der Waals surface area (Å²) in [5, 5.41) is 0. The van der Waals surface area contributed by atoms with E-state index in [-0.39, 0.29) is 23.8 Å². The standard InChI is InChI=1S/C17H17FO5S/c1-24(22,23)14-8-10(18)5-6-12(14)17(21)15-13(19)7-9-3-2-4-11(9)16(15)20/h5-6,8-9,11,15H,2-4,7H2,1H3. The molecule has 2 fully saturated rings. The van der Waals surface area contributed by atoms with Crippen molar-refractivity contribution in [3.8, 4) is 0 Å². The molecule has 0 bridgehead atoms. The van der Waals surface area contributed by atoms with Crippen molar-refractivity contribution in [2.24, 2.45) is 17.8 Å². The van der Waals surface area contributed by atoms with Crippen molar-refractivity contribution in [1.82, 2.24) is 0 Å². The minimum atomic E-state index is -3.88. The number of Topliss-reactive ketones (excluding diaryl/α,β-unsaturated/α-hetero) is 3. The molecule has 24 heavy (non-hydrogen) atoms. The topological polar surface area (TPSA) is 85.3 Å². The number of hydrogen-bond acceptors (Lipinski definition) is 5. The molecule has 2 aliphatic rings. The Morgan fingerprint density at radius 2 is 1.92 bits per heavy atom. The molecular weight excluding hydrogens is 335 g/mol. The number of rotatable bonds is 3. The van der Waals surface area contributed by atoms with E-state index in [0.717, 1.165) is 37.3 Å². The van der Waals surface area contributed by atoms with Crippen molar-refractivity contribution in [3.63, 3.8) is 0 Å². The van der Waals surface area contributed by atoms with Crippen molar-refractivity contribution < 1.29 is 27.2 Å². The average molecular weight is 352 g/mol. The SMILES string of the molecule is CS(=O)(=O)c1cc(F)ccc1C(=O)C1C(=O)CC2CCCC2C1=O. The van der Waals surface area contributed by atoms with E-state index in [4.69, 9.17) is 0 Å². The first-order chi connectivity index (χ1) is 11.2. The molecule has 0 amide bonds.